The predicted molar refractivity (Wildman–Crippen MR) is 175 cm³/mol. The van der Waals surface area contributed by atoms with E-state index < -0.39 is 6.10 Å². The molecule has 0 aromatic carbocycles. The summed E-state index contributed by atoms with van der Waals surface area (Å²) < 4.78 is 17.7. The molecule has 2 saturated heterocycles. The van der Waals surface area contributed by atoms with E-state index in [1.165, 1.54) is 44.9 Å². The summed E-state index contributed by atoms with van der Waals surface area (Å²) in [6.45, 7) is 4.14. The molecule has 8 atom stereocenters. The van der Waals surface area contributed by atoms with Gasteiger partial charge in [0.05, 0.1) is 42.7 Å². The lowest BCUT2D eigenvalue weighted by atomic mass is 9.99. The van der Waals surface area contributed by atoms with Crippen LogP contribution >= 0.6 is 0 Å². The smallest absolute Gasteiger partial charge is 0.334 e. The second-order valence-corrected chi connectivity index (χ2v) is 14.0. The first kappa shape index (κ1) is 37.5. The molecule has 3 N–H and O–H groups in total. The molecular weight excluding hydrogens is 556 g/mol. The molecule has 3 rings (SSSR count). The molecular formula is C37H66O7. The first-order chi connectivity index (χ1) is 21.4. The van der Waals surface area contributed by atoms with Crippen LogP contribution in [0.15, 0.2) is 11.6 Å². The number of carbonyl (C=O) groups is 1. The lowest BCUT2D eigenvalue weighted by Gasteiger charge is -2.24. The Kier molecular flexibility index (Phi) is 18.5. The number of hydrogen-bond donors (Lipinski definition) is 3. The predicted octanol–water partition coefficient (Wildman–Crippen LogP) is 7.86. The van der Waals surface area contributed by atoms with Gasteiger partial charge in [-0.3, -0.25) is 0 Å². The molecule has 3 heterocycles. The molecule has 2 fully saturated rings. The molecule has 0 aliphatic carbocycles. The second kappa shape index (κ2) is 21.7. The molecule has 3 aliphatic heterocycles. The van der Waals surface area contributed by atoms with Crippen molar-refractivity contribution >= 4 is 5.97 Å². The lowest BCUT2D eigenvalue weighted by molar-refractivity contribution is -0.139. The number of carbonyl (C=O) groups excluding carboxylic acids is 1. The zero-order chi connectivity index (χ0) is 31.6. The van der Waals surface area contributed by atoms with Crippen molar-refractivity contribution < 1.29 is 34.3 Å². The standard InChI is InChI=1S/C37H66O7/c1-3-4-5-6-7-8-12-15-21-31(39)33-23-25-35(43-33)36-26-24-34(44-36)32(40)22-17-16-20-30(38)19-14-11-9-10-13-18-29-27-28(2)42-37(29)41/h27-28,30-36,38-40H,3-26H2,1-2H3/t28-,30-,31+,32-,33-,34-,35+,36-/m1/s1. The molecule has 0 unspecified atom stereocenters. The summed E-state index contributed by atoms with van der Waals surface area (Å²) in [5, 5.41) is 31.8. The minimum Gasteiger partial charge on any atom is -0.455 e. The van der Waals surface area contributed by atoms with E-state index in [2.05, 4.69) is 6.92 Å². The van der Waals surface area contributed by atoms with Gasteiger partial charge in [0.2, 0.25) is 0 Å². The Morgan fingerprint density at radius 1 is 0.659 bits per heavy atom. The second-order valence-electron chi connectivity index (χ2n) is 14.0. The van der Waals surface area contributed by atoms with Gasteiger partial charge >= 0.3 is 5.97 Å². The summed E-state index contributed by atoms with van der Waals surface area (Å²) in [6, 6.07) is 0. The van der Waals surface area contributed by atoms with Gasteiger partial charge in [-0.15, -0.1) is 0 Å². The Labute approximate surface area is 268 Å². The summed E-state index contributed by atoms with van der Waals surface area (Å²) in [5.41, 5.74) is 0.828. The molecule has 0 radical (unpaired) electrons. The summed E-state index contributed by atoms with van der Waals surface area (Å²) in [4.78, 5) is 11.6. The third kappa shape index (κ3) is 14.2. The molecule has 0 bridgehead atoms. The minimum atomic E-state index is -0.466. The maximum Gasteiger partial charge on any atom is 0.334 e. The van der Waals surface area contributed by atoms with Crippen LogP contribution in [0.5, 0.6) is 0 Å². The van der Waals surface area contributed by atoms with E-state index in [0.29, 0.717) is 6.42 Å². The van der Waals surface area contributed by atoms with E-state index in [9.17, 15) is 20.1 Å². The van der Waals surface area contributed by atoms with Gasteiger partial charge in [0.15, 0.2) is 0 Å². The number of esters is 1. The summed E-state index contributed by atoms with van der Waals surface area (Å²) >= 11 is 0. The molecule has 256 valence electrons. The van der Waals surface area contributed by atoms with E-state index in [-0.39, 0.29) is 48.7 Å². The Bertz CT molecular complexity index is 801. The summed E-state index contributed by atoms with van der Waals surface area (Å²) in [7, 11) is 0. The van der Waals surface area contributed by atoms with Gasteiger partial charge < -0.3 is 29.5 Å². The topological polar surface area (TPSA) is 105 Å². The molecule has 0 aromatic rings. The summed E-state index contributed by atoms with van der Waals surface area (Å²) in [6.07, 6.45) is 25.6. The number of aliphatic hydroxyl groups is 3. The fourth-order valence-electron chi connectivity index (χ4n) is 7.27. The van der Waals surface area contributed by atoms with E-state index in [0.717, 1.165) is 108 Å². The highest BCUT2D eigenvalue weighted by Crippen LogP contribution is 2.34. The third-order valence-corrected chi connectivity index (χ3v) is 10.1. The van der Waals surface area contributed by atoms with E-state index in [1.54, 1.807) is 0 Å². The van der Waals surface area contributed by atoms with Crippen LogP contribution in [0.3, 0.4) is 0 Å². The zero-order valence-corrected chi connectivity index (χ0v) is 28.1. The molecule has 7 nitrogen and oxygen atoms in total. The number of cyclic esters (lactones) is 1. The number of ether oxygens (including phenoxy) is 3. The molecule has 0 spiro atoms. The third-order valence-electron chi connectivity index (χ3n) is 10.1. The van der Waals surface area contributed by atoms with Crippen LogP contribution in [-0.4, -0.2) is 70.1 Å². The highest BCUT2D eigenvalue weighted by atomic mass is 16.6. The van der Waals surface area contributed by atoms with Crippen LogP contribution in [0, 0.1) is 0 Å². The van der Waals surface area contributed by atoms with E-state index in [1.807, 2.05) is 13.0 Å². The largest absolute Gasteiger partial charge is 0.455 e. The maximum absolute atomic E-state index is 11.6. The minimum absolute atomic E-state index is 0.0248. The Balaban J connectivity index is 1.14. The highest BCUT2D eigenvalue weighted by molar-refractivity contribution is 5.90. The Morgan fingerprint density at radius 2 is 1.11 bits per heavy atom. The van der Waals surface area contributed by atoms with Gasteiger partial charge in [-0.2, -0.15) is 0 Å². The molecule has 0 amide bonds. The molecule has 0 aromatic heterocycles. The number of rotatable bonds is 25. The number of hydrogen-bond acceptors (Lipinski definition) is 7. The van der Waals surface area contributed by atoms with Crippen LogP contribution in [0.4, 0.5) is 0 Å². The van der Waals surface area contributed by atoms with Crippen molar-refractivity contribution in [3.05, 3.63) is 11.6 Å². The Hall–Kier alpha value is -0.990. The first-order valence-electron chi connectivity index (χ1n) is 18.6. The average molecular weight is 623 g/mol. The van der Waals surface area contributed by atoms with Crippen LogP contribution < -0.4 is 0 Å². The van der Waals surface area contributed by atoms with Gasteiger partial charge in [-0.25, -0.2) is 4.79 Å². The van der Waals surface area contributed by atoms with Crippen molar-refractivity contribution in [1.82, 2.24) is 0 Å². The van der Waals surface area contributed by atoms with Crippen molar-refractivity contribution in [3.8, 4) is 0 Å². The average Bonchev–Trinajstić information content (AvgIpc) is 3.76. The van der Waals surface area contributed by atoms with Gasteiger partial charge in [0.25, 0.3) is 0 Å². The molecule has 7 heteroatoms. The highest BCUT2D eigenvalue weighted by Gasteiger charge is 2.40. The fourth-order valence-corrected chi connectivity index (χ4v) is 7.27. The van der Waals surface area contributed by atoms with Gasteiger partial charge in [-0.1, -0.05) is 96.8 Å². The van der Waals surface area contributed by atoms with Gasteiger partial charge in [0.1, 0.15) is 6.10 Å². The molecule has 0 saturated carbocycles. The van der Waals surface area contributed by atoms with Crippen molar-refractivity contribution in [1.29, 1.82) is 0 Å². The first-order valence-corrected chi connectivity index (χ1v) is 18.6. The van der Waals surface area contributed by atoms with Crippen molar-refractivity contribution in [2.75, 3.05) is 0 Å². The number of unbranched alkanes of at least 4 members (excludes halogenated alkanes) is 12. The van der Waals surface area contributed by atoms with Crippen LogP contribution in [0.2, 0.25) is 0 Å². The number of aliphatic hydroxyl groups excluding tert-OH is 3. The van der Waals surface area contributed by atoms with Gasteiger partial charge in [0, 0.05) is 5.57 Å². The normalized spacial score (nSPS) is 27.4. The zero-order valence-electron chi connectivity index (χ0n) is 28.1. The monoisotopic (exact) mass is 622 g/mol. The van der Waals surface area contributed by atoms with Gasteiger partial charge in [-0.05, 0) is 77.2 Å². The summed E-state index contributed by atoms with van der Waals surface area (Å²) in [5.74, 6) is -0.152. The van der Waals surface area contributed by atoms with Crippen molar-refractivity contribution in [2.45, 2.75) is 217 Å². The fraction of sp³-hybridized carbons (Fsp3) is 0.919. The van der Waals surface area contributed by atoms with E-state index >= 15 is 0 Å². The van der Waals surface area contributed by atoms with Crippen LogP contribution in [0.25, 0.3) is 0 Å². The SMILES string of the molecule is CCCCCCCCCC[C@H](O)[C@H]1CC[C@@H]([C@H]2CC[C@H]([C@H](O)CCCC[C@H](O)CCCCCCCC3=C[C@@H](C)OC3=O)O2)O1. The van der Waals surface area contributed by atoms with Crippen molar-refractivity contribution in [2.24, 2.45) is 0 Å². The molecule has 44 heavy (non-hydrogen) atoms. The quantitative estimate of drug-likeness (QED) is 0.0703. The lowest BCUT2D eigenvalue weighted by Crippen LogP contribution is -2.33. The molecule has 3 aliphatic rings. The van der Waals surface area contributed by atoms with Crippen LogP contribution in [0.1, 0.15) is 168 Å². The maximum atomic E-state index is 11.6. The van der Waals surface area contributed by atoms with E-state index in [4.69, 9.17) is 14.2 Å². The Morgan fingerprint density at radius 3 is 1.64 bits per heavy atom. The van der Waals surface area contributed by atoms with Crippen molar-refractivity contribution in [3.63, 3.8) is 0 Å². The van der Waals surface area contributed by atoms with Crippen LogP contribution in [-0.2, 0) is 19.0 Å².